The smallest absolute Gasteiger partial charge is 0.247 e. The number of nitrogens with one attached hydrogen (secondary N) is 1. The minimum absolute atomic E-state index is 0.0355. The lowest BCUT2D eigenvalue weighted by Crippen LogP contribution is -2.34. The summed E-state index contributed by atoms with van der Waals surface area (Å²) in [4.78, 5) is 0. The molecule has 7 heteroatoms. The molecule has 0 spiro atoms. The Morgan fingerprint density at radius 1 is 1.35 bits per heavy atom. The SMILES string of the molecule is O=S1(=O)CCCC(Nc2cccc(-c3nnco3)c2)C1. The second-order valence-corrected chi connectivity index (χ2v) is 7.15. The van der Waals surface area contributed by atoms with Crippen LogP contribution in [-0.4, -0.2) is 36.2 Å². The minimum Gasteiger partial charge on any atom is -0.423 e. The van der Waals surface area contributed by atoms with Gasteiger partial charge in [0.2, 0.25) is 12.3 Å². The zero-order valence-electron chi connectivity index (χ0n) is 10.8. The van der Waals surface area contributed by atoms with Crippen LogP contribution in [0.25, 0.3) is 11.5 Å². The molecule has 1 aromatic carbocycles. The lowest BCUT2D eigenvalue weighted by molar-refractivity contribution is 0.561. The number of sulfone groups is 1. The van der Waals surface area contributed by atoms with Gasteiger partial charge in [0, 0.05) is 17.3 Å². The van der Waals surface area contributed by atoms with Crippen LogP contribution in [0.1, 0.15) is 12.8 Å². The van der Waals surface area contributed by atoms with Gasteiger partial charge in [0.1, 0.15) is 0 Å². The van der Waals surface area contributed by atoms with Crippen molar-refractivity contribution in [3.8, 4) is 11.5 Å². The summed E-state index contributed by atoms with van der Waals surface area (Å²) in [7, 11) is -2.91. The Hall–Kier alpha value is -1.89. The highest BCUT2D eigenvalue weighted by molar-refractivity contribution is 7.91. The van der Waals surface area contributed by atoms with E-state index in [2.05, 4.69) is 15.5 Å². The number of anilines is 1. The molecule has 1 aliphatic rings. The van der Waals surface area contributed by atoms with Gasteiger partial charge in [0.25, 0.3) is 0 Å². The lowest BCUT2D eigenvalue weighted by atomic mass is 10.1. The largest absolute Gasteiger partial charge is 0.423 e. The molecule has 1 fully saturated rings. The van der Waals surface area contributed by atoms with Crippen molar-refractivity contribution in [3.63, 3.8) is 0 Å². The molecule has 0 saturated carbocycles. The van der Waals surface area contributed by atoms with Crippen LogP contribution in [0, 0.1) is 0 Å². The van der Waals surface area contributed by atoms with Gasteiger partial charge >= 0.3 is 0 Å². The van der Waals surface area contributed by atoms with E-state index in [-0.39, 0.29) is 11.8 Å². The number of nitrogens with zero attached hydrogens (tertiary/aromatic N) is 2. The van der Waals surface area contributed by atoms with E-state index >= 15 is 0 Å². The second kappa shape index (κ2) is 5.24. The highest BCUT2D eigenvalue weighted by atomic mass is 32.2. The first kappa shape index (κ1) is 13.1. The summed E-state index contributed by atoms with van der Waals surface area (Å²) in [6, 6.07) is 7.50. The summed E-state index contributed by atoms with van der Waals surface area (Å²) in [6.45, 7) is 0. The summed E-state index contributed by atoms with van der Waals surface area (Å²) in [5, 5.41) is 10.8. The first-order chi connectivity index (χ1) is 9.62. The maximum atomic E-state index is 11.6. The van der Waals surface area contributed by atoms with Crippen molar-refractivity contribution in [2.45, 2.75) is 18.9 Å². The Bertz CT molecular complexity index is 683. The maximum Gasteiger partial charge on any atom is 0.247 e. The van der Waals surface area contributed by atoms with Crippen LogP contribution in [0.5, 0.6) is 0 Å². The zero-order chi connectivity index (χ0) is 14.0. The van der Waals surface area contributed by atoms with Crippen molar-refractivity contribution in [3.05, 3.63) is 30.7 Å². The molecule has 1 saturated heterocycles. The summed E-state index contributed by atoms with van der Waals surface area (Å²) in [5.74, 6) is 0.940. The molecule has 2 heterocycles. The predicted molar refractivity (Wildman–Crippen MR) is 75.0 cm³/mol. The maximum absolute atomic E-state index is 11.6. The zero-order valence-corrected chi connectivity index (χ0v) is 11.6. The molecular weight excluding hydrogens is 278 g/mol. The highest BCUT2D eigenvalue weighted by Crippen LogP contribution is 2.22. The summed E-state index contributed by atoms with van der Waals surface area (Å²) in [6.07, 6.45) is 2.86. The van der Waals surface area contributed by atoms with Gasteiger partial charge in [-0.2, -0.15) is 0 Å². The average Bonchev–Trinajstić information content (AvgIpc) is 2.91. The molecule has 1 aromatic heterocycles. The van der Waals surface area contributed by atoms with Crippen molar-refractivity contribution in [1.29, 1.82) is 0 Å². The highest BCUT2D eigenvalue weighted by Gasteiger charge is 2.24. The first-order valence-electron chi connectivity index (χ1n) is 6.46. The van der Waals surface area contributed by atoms with E-state index in [1.165, 1.54) is 6.39 Å². The van der Waals surface area contributed by atoms with Crippen LogP contribution < -0.4 is 5.32 Å². The molecule has 20 heavy (non-hydrogen) atoms. The quantitative estimate of drug-likeness (QED) is 0.927. The van der Waals surface area contributed by atoms with Gasteiger partial charge in [0.05, 0.1) is 11.5 Å². The third kappa shape index (κ3) is 2.98. The van der Waals surface area contributed by atoms with Gasteiger partial charge in [0.15, 0.2) is 9.84 Å². The summed E-state index contributed by atoms with van der Waals surface area (Å²) in [5.41, 5.74) is 1.67. The Morgan fingerprint density at radius 2 is 2.25 bits per heavy atom. The monoisotopic (exact) mass is 293 g/mol. The van der Waals surface area contributed by atoms with Crippen LogP contribution in [0.15, 0.2) is 35.1 Å². The number of hydrogen-bond donors (Lipinski definition) is 1. The van der Waals surface area contributed by atoms with Crippen LogP contribution in [0.2, 0.25) is 0 Å². The van der Waals surface area contributed by atoms with E-state index in [1.54, 1.807) is 0 Å². The van der Waals surface area contributed by atoms with E-state index in [0.29, 0.717) is 18.1 Å². The van der Waals surface area contributed by atoms with E-state index in [9.17, 15) is 8.42 Å². The molecule has 0 amide bonds. The first-order valence-corrected chi connectivity index (χ1v) is 8.28. The van der Waals surface area contributed by atoms with Crippen molar-refractivity contribution in [1.82, 2.24) is 10.2 Å². The number of benzene rings is 1. The molecule has 1 atom stereocenters. The Morgan fingerprint density at radius 3 is 3.00 bits per heavy atom. The Balaban J connectivity index is 1.76. The van der Waals surface area contributed by atoms with E-state index in [0.717, 1.165) is 17.7 Å². The van der Waals surface area contributed by atoms with Gasteiger partial charge in [-0.3, -0.25) is 0 Å². The average molecular weight is 293 g/mol. The molecule has 0 radical (unpaired) electrons. The molecular formula is C13H15N3O3S. The van der Waals surface area contributed by atoms with Crippen molar-refractivity contribution in [2.75, 3.05) is 16.8 Å². The molecule has 1 unspecified atom stereocenters. The number of rotatable bonds is 3. The van der Waals surface area contributed by atoms with Gasteiger partial charge in [-0.25, -0.2) is 8.42 Å². The molecule has 1 N–H and O–H groups in total. The fraction of sp³-hybridized carbons (Fsp3) is 0.385. The molecule has 6 nitrogen and oxygen atoms in total. The van der Waals surface area contributed by atoms with Crippen molar-refractivity contribution < 1.29 is 12.8 Å². The normalized spacial score (nSPS) is 21.5. The fourth-order valence-corrected chi connectivity index (χ4v) is 4.05. The van der Waals surface area contributed by atoms with Gasteiger partial charge in [-0.15, -0.1) is 10.2 Å². The molecule has 3 rings (SSSR count). The van der Waals surface area contributed by atoms with E-state index < -0.39 is 9.84 Å². The second-order valence-electron chi connectivity index (χ2n) is 4.92. The molecule has 2 aromatic rings. The topological polar surface area (TPSA) is 85.1 Å². The van der Waals surface area contributed by atoms with Crippen LogP contribution in [0.3, 0.4) is 0 Å². The van der Waals surface area contributed by atoms with E-state index in [4.69, 9.17) is 4.42 Å². The summed E-state index contributed by atoms with van der Waals surface area (Å²) >= 11 is 0. The van der Waals surface area contributed by atoms with Gasteiger partial charge < -0.3 is 9.73 Å². The van der Waals surface area contributed by atoms with Crippen LogP contribution >= 0.6 is 0 Å². The third-order valence-electron chi connectivity index (χ3n) is 3.30. The van der Waals surface area contributed by atoms with Gasteiger partial charge in [-0.1, -0.05) is 6.07 Å². The molecule has 0 aliphatic carbocycles. The Labute approximate surface area is 117 Å². The standard InChI is InChI=1S/C13H15N3O3S/c17-20(18)6-2-5-12(8-20)15-11-4-1-3-10(7-11)13-16-14-9-19-13/h1,3-4,7,9,12,15H,2,5-6,8H2. The molecule has 0 bridgehead atoms. The van der Waals surface area contributed by atoms with Crippen molar-refractivity contribution >= 4 is 15.5 Å². The molecule has 106 valence electrons. The van der Waals surface area contributed by atoms with Crippen molar-refractivity contribution in [2.24, 2.45) is 0 Å². The fourth-order valence-electron chi connectivity index (χ4n) is 2.41. The van der Waals surface area contributed by atoms with E-state index in [1.807, 2.05) is 24.3 Å². The Kier molecular flexibility index (Phi) is 3.43. The lowest BCUT2D eigenvalue weighted by Gasteiger charge is -2.24. The van der Waals surface area contributed by atoms with Crippen LogP contribution in [0.4, 0.5) is 5.69 Å². The number of hydrogen-bond acceptors (Lipinski definition) is 6. The van der Waals surface area contributed by atoms with Gasteiger partial charge in [-0.05, 0) is 31.0 Å². The number of aromatic nitrogens is 2. The third-order valence-corrected chi connectivity index (χ3v) is 5.12. The van der Waals surface area contributed by atoms with Crippen LogP contribution in [-0.2, 0) is 9.84 Å². The predicted octanol–water partition coefficient (Wildman–Crippen LogP) is 1.73. The molecule has 1 aliphatic heterocycles. The summed E-state index contributed by atoms with van der Waals surface area (Å²) < 4.78 is 28.4. The minimum atomic E-state index is -2.91.